The molecule has 0 atom stereocenters. The third-order valence-electron chi connectivity index (χ3n) is 2.40. The third-order valence-corrected chi connectivity index (χ3v) is 4.00. The van der Waals surface area contributed by atoms with Crippen LogP contribution < -0.4 is 0 Å². The van der Waals surface area contributed by atoms with Gasteiger partial charge in [0.1, 0.15) is 0 Å². The zero-order valence-corrected chi connectivity index (χ0v) is 13.1. The second-order valence-corrected chi connectivity index (χ2v) is 9.66. The minimum atomic E-state index is 0.263. The summed E-state index contributed by atoms with van der Waals surface area (Å²) in [5.74, 6) is 0. The molecule has 16 heavy (non-hydrogen) atoms. The number of halogens is 2. The standard InChI is InChI=1S/C14H12I2/c15-14(16)10-8-13(9-11-14)7-6-12-4-2-1-3-5-12/h1-10H,11H2. The van der Waals surface area contributed by atoms with Gasteiger partial charge < -0.3 is 0 Å². The number of rotatable bonds is 2. The number of alkyl halides is 2. The molecule has 0 amide bonds. The Morgan fingerprint density at radius 3 is 2.44 bits per heavy atom. The van der Waals surface area contributed by atoms with E-state index in [2.05, 4.69) is 99.8 Å². The number of allylic oxidation sites excluding steroid dienone is 5. The second-order valence-electron chi connectivity index (χ2n) is 3.75. The molecule has 0 heterocycles. The van der Waals surface area contributed by atoms with Crippen LogP contribution in [-0.2, 0) is 0 Å². The van der Waals surface area contributed by atoms with Crippen molar-refractivity contribution in [1.82, 2.24) is 0 Å². The first kappa shape index (κ1) is 12.4. The largest absolute Gasteiger partial charge is 0.0950 e. The number of hydrogen-bond donors (Lipinski definition) is 0. The molecule has 0 radical (unpaired) electrons. The second kappa shape index (κ2) is 5.49. The normalized spacial score (nSPS) is 18.8. The molecule has 1 aliphatic rings. The van der Waals surface area contributed by atoms with E-state index in [1.165, 1.54) is 11.1 Å². The molecule has 0 saturated heterocycles. The molecule has 1 aromatic rings. The highest BCUT2D eigenvalue weighted by Crippen LogP contribution is 2.37. The van der Waals surface area contributed by atoms with Crippen LogP contribution in [0.3, 0.4) is 0 Å². The summed E-state index contributed by atoms with van der Waals surface area (Å²) in [5.41, 5.74) is 2.55. The highest BCUT2D eigenvalue weighted by molar-refractivity contribution is 14.2. The van der Waals surface area contributed by atoms with Crippen LogP contribution in [0.15, 0.2) is 60.2 Å². The van der Waals surface area contributed by atoms with Crippen molar-refractivity contribution in [3.63, 3.8) is 0 Å². The van der Waals surface area contributed by atoms with Crippen molar-refractivity contribution >= 4 is 51.3 Å². The molecular formula is C14H12I2. The van der Waals surface area contributed by atoms with E-state index in [0.717, 1.165) is 6.42 Å². The van der Waals surface area contributed by atoms with Gasteiger partial charge in [-0.3, -0.25) is 0 Å². The van der Waals surface area contributed by atoms with Crippen molar-refractivity contribution in [2.45, 2.75) is 7.85 Å². The summed E-state index contributed by atoms with van der Waals surface area (Å²) >= 11 is 4.94. The van der Waals surface area contributed by atoms with Crippen LogP contribution in [0.25, 0.3) is 6.08 Å². The molecule has 2 heteroatoms. The monoisotopic (exact) mass is 434 g/mol. The topological polar surface area (TPSA) is 0 Å². The fourth-order valence-corrected chi connectivity index (χ4v) is 2.29. The number of hydrogen-bond acceptors (Lipinski definition) is 0. The Kier molecular flexibility index (Phi) is 4.24. The maximum atomic E-state index is 2.47. The summed E-state index contributed by atoms with van der Waals surface area (Å²) in [6, 6.07) is 10.4. The Bertz CT molecular complexity index is 439. The molecule has 82 valence electrons. The van der Waals surface area contributed by atoms with Gasteiger partial charge in [0, 0.05) is 0 Å². The van der Waals surface area contributed by atoms with Crippen molar-refractivity contribution in [3.8, 4) is 0 Å². The SMILES string of the molecule is IC1(I)C=CC(C=Cc2ccccc2)=CC1. The van der Waals surface area contributed by atoms with Gasteiger partial charge in [-0.25, -0.2) is 0 Å². The van der Waals surface area contributed by atoms with Gasteiger partial charge in [0.05, 0.1) is 1.43 Å². The molecule has 0 bridgehead atoms. The highest BCUT2D eigenvalue weighted by atomic mass is 127. The lowest BCUT2D eigenvalue weighted by atomic mass is 10.1. The Morgan fingerprint density at radius 1 is 1.06 bits per heavy atom. The molecule has 1 aromatic carbocycles. The van der Waals surface area contributed by atoms with Crippen LogP contribution in [0.5, 0.6) is 0 Å². The first-order chi connectivity index (χ1) is 7.66. The molecule has 1 aliphatic carbocycles. The lowest BCUT2D eigenvalue weighted by Gasteiger charge is -2.17. The minimum absolute atomic E-state index is 0.263. The summed E-state index contributed by atoms with van der Waals surface area (Å²) in [6.45, 7) is 0. The summed E-state index contributed by atoms with van der Waals surface area (Å²) in [4.78, 5) is 0. The molecule has 0 aliphatic heterocycles. The van der Waals surface area contributed by atoms with Crippen molar-refractivity contribution in [2.75, 3.05) is 0 Å². The predicted molar refractivity (Wildman–Crippen MR) is 88.1 cm³/mol. The first-order valence-electron chi connectivity index (χ1n) is 5.16. The Labute approximate surface area is 124 Å². The quantitative estimate of drug-likeness (QED) is 0.446. The summed E-state index contributed by atoms with van der Waals surface area (Å²) < 4.78 is 0.263. The van der Waals surface area contributed by atoms with Crippen LogP contribution >= 0.6 is 45.2 Å². The van der Waals surface area contributed by atoms with Crippen LogP contribution in [-0.4, -0.2) is 1.43 Å². The van der Waals surface area contributed by atoms with E-state index in [0.29, 0.717) is 0 Å². The fourth-order valence-electron chi connectivity index (χ4n) is 1.49. The smallest absolute Gasteiger partial charge is 0.0748 e. The Hall–Kier alpha value is -0.1000. The van der Waals surface area contributed by atoms with Crippen molar-refractivity contribution in [2.24, 2.45) is 0 Å². The van der Waals surface area contributed by atoms with Gasteiger partial charge in [-0.05, 0) is 17.6 Å². The summed E-state index contributed by atoms with van der Waals surface area (Å²) in [6.07, 6.45) is 12.2. The van der Waals surface area contributed by atoms with Crippen molar-refractivity contribution < 1.29 is 0 Å². The van der Waals surface area contributed by atoms with Crippen LogP contribution in [0.4, 0.5) is 0 Å². The zero-order valence-electron chi connectivity index (χ0n) is 8.74. The van der Waals surface area contributed by atoms with Gasteiger partial charge >= 0.3 is 0 Å². The van der Waals surface area contributed by atoms with Gasteiger partial charge in [0.2, 0.25) is 0 Å². The Balaban J connectivity index is 2.05. The van der Waals surface area contributed by atoms with E-state index in [9.17, 15) is 0 Å². The molecular weight excluding hydrogens is 422 g/mol. The lowest BCUT2D eigenvalue weighted by Crippen LogP contribution is -2.07. The maximum Gasteiger partial charge on any atom is 0.0950 e. The van der Waals surface area contributed by atoms with Crippen LogP contribution in [0.1, 0.15) is 12.0 Å². The Morgan fingerprint density at radius 2 is 1.81 bits per heavy atom. The zero-order chi connectivity index (χ0) is 11.4. The molecule has 0 saturated carbocycles. The minimum Gasteiger partial charge on any atom is -0.0748 e. The fraction of sp³-hybridized carbons (Fsp3) is 0.143. The lowest BCUT2D eigenvalue weighted by molar-refractivity contribution is 1.05. The van der Waals surface area contributed by atoms with Gasteiger partial charge in [0.15, 0.2) is 0 Å². The third kappa shape index (κ3) is 3.73. The van der Waals surface area contributed by atoms with Crippen LogP contribution in [0, 0.1) is 0 Å². The molecule has 0 nitrogen and oxygen atoms in total. The van der Waals surface area contributed by atoms with E-state index in [-0.39, 0.29) is 1.43 Å². The van der Waals surface area contributed by atoms with Crippen molar-refractivity contribution in [3.05, 3.63) is 65.8 Å². The van der Waals surface area contributed by atoms with E-state index in [1.807, 2.05) is 6.07 Å². The summed E-state index contributed by atoms with van der Waals surface area (Å²) in [5, 5.41) is 0. The molecule has 0 N–H and O–H groups in total. The van der Waals surface area contributed by atoms with E-state index in [1.54, 1.807) is 0 Å². The maximum absolute atomic E-state index is 2.47. The average Bonchev–Trinajstić information content (AvgIpc) is 2.29. The molecule has 2 rings (SSSR count). The predicted octanol–water partition coefficient (Wildman–Crippen LogP) is 5.15. The van der Waals surface area contributed by atoms with Gasteiger partial charge in [-0.15, -0.1) is 0 Å². The van der Waals surface area contributed by atoms with Crippen molar-refractivity contribution in [1.29, 1.82) is 0 Å². The van der Waals surface area contributed by atoms with Gasteiger partial charge in [-0.2, -0.15) is 0 Å². The van der Waals surface area contributed by atoms with E-state index in [4.69, 9.17) is 0 Å². The average molecular weight is 434 g/mol. The van der Waals surface area contributed by atoms with Gasteiger partial charge in [0.25, 0.3) is 0 Å². The van der Waals surface area contributed by atoms with Crippen LogP contribution in [0.2, 0.25) is 0 Å². The highest BCUT2D eigenvalue weighted by Gasteiger charge is 2.19. The molecule has 0 fully saturated rings. The van der Waals surface area contributed by atoms with E-state index < -0.39 is 0 Å². The molecule has 0 unspecified atom stereocenters. The molecule has 0 spiro atoms. The van der Waals surface area contributed by atoms with E-state index >= 15 is 0 Å². The molecule has 0 aromatic heterocycles. The number of benzene rings is 1. The summed E-state index contributed by atoms with van der Waals surface area (Å²) in [7, 11) is 0. The first-order valence-corrected chi connectivity index (χ1v) is 7.32. The van der Waals surface area contributed by atoms with Gasteiger partial charge in [-0.1, -0.05) is 106 Å².